The highest BCUT2D eigenvalue weighted by Crippen LogP contribution is 2.45. The summed E-state index contributed by atoms with van der Waals surface area (Å²) in [6, 6.07) is 36.4. The zero-order chi connectivity index (χ0) is 20.5. The topological polar surface area (TPSA) is 28.2 Å². The van der Waals surface area contributed by atoms with Gasteiger partial charge in [-0.2, -0.15) is 5.26 Å². The van der Waals surface area contributed by atoms with E-state index in [2.05, 4.69) is 95.4 Å². The SMILES string of the molecule is N#Cc1ccc(-c2c3ccccc3cc3c2c2cccc4c5ccccc5n3c42)cc1. The lowest BCUT2D eigenvalue weighted by atomic mass is 9.92. The predicted molar refractivity (Wildman–Crippen MR) is 129 cm³/mol. The summed E-state index contributed by atoms with van der Waals surface area (Å²) in [6.07, 6.45) is 0. The summed E-state index contributed by atoms with van der Waals surface area (Å²) in [5.74, 6) is 0. The number of rotatable bonds is 1. The minimum Gasteiger partial charge on any atom is -0.308 e. The van der Waals surface area contributed by atoms with Crippen molar-refractivity contribution in [3.8, 4) is 17.2 Å². The quantitative estimate of drug-likeness (QED) is 0.284. The zero-order valence-electron chi connectivity index (χ0n) is 16.6. The monoisotopic (exact) mass is 392 g/mol. The maximum absolute atomic E-state index is 9.27. The van der Waals surface area contributed by atoms with Crippen LogP contribution in [0.3, 0.4) is 0 Å². The summed E-state index contributed by atoms with van der Waals surface area (Å²) < 4.78 is 2.43. The number of hydrogen-bond acceptors (Lipinski definition) is 1. The number of aromatic nitrogens is 1. The minimum absolute atomic E-state index is 0.681. The maximum atomic E-state index is 9.27. The van der Waals surface area contributed by atoms with Crippen LogP contribution in [0.1, 0.15) is 5.56 Å². The highest BCUT2D eigenvalue weighted by Gasteiger charge is 2.21. The molecule has 0 atom stereocenters. The Kier molecular flexibility index (Phi) is 3.10. The molecule has 7 aromatic rings. The number of hydrogen-bond donors (Lipinski definition) is 0. The number of nitriles is 1. The molecule has 0 spiro atoms. The average molecular weight is 392 g/mol. The second-order valence-electron chi connectivity index (χ2n) is 8.11. The Hall–Kier alpha value is -4.35. The smallest absolute Gasteiger partial charge is 0.0991 e. The van der Waals surface area contributed by atoms with Gasteiger partial charge in [-0.3, -0.25) is 0 Å². The van der Waals surface area contributed by atoms with Crippen molar-refractivity contribution < 1.29 is 0 Å². The summed E-state index contributed by atoms with van der Waals surface area (Å²) in [5, 5.41) is 16.8. The third kappa shape index (κ3) is 2.05. The Balaban J connectivity index is 1.79. The lowest BCUT2D eigenvalue weighted by Gasteiger charge is -2.11. The van der Waals surface area contributed by atoms with Crippen molar-refractivity contribution >= 4 is 48.9 Å². The van der Waals surface area contributed by atoms with Gasteiger partial charge in [0.25, 0.3) is 0 Å². The summed E-state index contributed by atoms with van der Waals surface area (Å²) in [7, 11) is 0. The van der Waals surface area contributed by atoms with E-state index in [0.717, 1.165) is 5.56 Å². The summed E-state index contributed by atoms with van der Waals surface area (Å²) in [5.41, 5.74) is 6.80. The van der Waals surface area contributed by atoms with Crippen LogP contribution in [0.2, 0.25) is 0 Å². The van der Waals surface area contributed by atoms with Gasteiger partial charge in [0, 0.05) is 21.5 Å². The van der Waals surface area contributed by atoms with Crippen molar-refractivity contribution in [3.05, 3.63) is 103 Å². The van der Waals surface area contributed by atoms with Crippen LogP contribution in [0.4, 0.5) is 0 Å². The van der Waals surface area contributed by atoms with E-state index in [9.17, 15) is 5.26 Å². The molecule has 142 valence electrons. The first-order valence-electron chi connectivity index (χ1n) is 10.4. The molecule has 0 fully saturated rings. The molecule has 2 heteroatoms. The Morgan fingerprint density at radius 3 is 2.16 bits per heavy atom. The molecule has 0 aliphatic rings. The lowest BCUT2D eigenvalue weighted by Crippen LogP contribution is -1.87. The fourth-order valence-electron chi connectivity index (χ4n) is 5.26. The zero-order valence-corrected chi connectivity index (χ0v) is 16.6. The van der Waals surface area contributed by atoms with E-state index >= 15 is 0 Å². The van der Waals surface area contributed by atoms with Crippen LogP contribution >= 0.6 is 0 Å². The van der Waals surface area contributed by atoms with E-state index in [1.54, 1.807) is 0 Å². The lowest BCUT2D eigenvalue weighted by molar-refractivity contribution is 1.37. The molecule has 0 aliphatic heterocycles. The molecule has 0 N–H and O–H groups in total. The van der Waals surface area contributed by atoms with Crippen LogP contribution < -0.4 is 0 Å². The number of para-hydroxylation sites is 2. The van der Waals surface area contributed by atoms with Gasteiger partial charge in [0.15, 0.2) is 0 Å². The molecule has 0 saturated heterocycles. The van der Waals surface area contributed by atoms with Crippen molar-refractivity contribution in [1.82, 2.24) is 4.40 Å². The molecule has 5 aromatic carbocycles. The Morgan fingerprint density at radius 2 is 1.32 bits per heavy atom. The van der Waals surface area contributed by atoms with Crippen molar-refractivity contribution in [2.45, 2.75) is 0 Å². The molecular weight excluding hydrogens is 376 g/mol. The number of fused-ring (bicyclic) bond motifs is 7. The van der Waals surface area contributed by atoms with Crippen molar-refractivity contribution in [2.24, 2.45) is 0 Å². The Morgan fingerprint density at radius 1 is 0.613 bits per heavy atom. The van der Waals surface area contributed by atoms with Gasteiger partial charge in [-0.15, -0.1) is 0 Å². The Labute approximate surface area is 178 Å². The Bertz CT molecular complexity index is 1830. The molecule has 0 amide bonds. The molecule has 0 aliphatic carbocycles. The average Bonchev–Trinajstić information content (AvgIpc) is 3.35. The van der Waals surface area contributed by atoms with Gasteiger partial charge in [0.2, 0.25) is 0 Å². The molecule has 2 nitrogen and oxygen atoms in total. The van der Waals surface area contributed by atoms with Crippen LogP contribution in [0.25, 0.3) is 60.0 Å². The third-order valence-corrected chi connectivity index (χ3v) is 6.54. The van der Waals surface area contributed by atoms with E-state index < -0.39 is 0 Å². The van der Waals surface area contributed by atoms with Gasteiger partial charge in [-0.05, 0) is 46.2 Å². The first kappa shape index (κ1) is 16.4. The van der Waals surface area contributed by atoms with E-state index in [4.69, 9.17) is 0 Å². The molecule has 2 aromatic heterocycles. The molecule has 2 heterocycles. The van der Waals surface area contributed by atoms with Crippen LogP contribution in [-0.4, -0.2) is 4.40 Å². The molecule has 31 heavy (non-hydrogen) atoms. The molecule has 0 unspecified atom stereocenters. The molecule has 0 bridgehead atoms. The number of nitrogens with zero attached hydrogens (tertiary/aromatic N) is 2. The fraction of sp³-hybridized carbons (Fsp3) is 0. The molecule has 7 rings (SSSR count). The minimum atomic E-state index is 0.681. The standard InChI is InChI=1S/C29H16N2/c30-17-18-12-14-19(15-13-18)27-21-7-2-1-6-20(21)16-26-28(27)24-10-5-9-23-22-8-3-4-11-25(22)31(26)29(23)24/h1-16H. The summed E-state index contributed by atoms with van der Waals surface area (Å²) in [4.78, 5) is 0. The van der Waals surface area contributed by atoms with Crippen LogP contribution in [0.5, 0.6) is 0 Å². The molecule has 0 saturated carbocycles. The van der Waals surface area contributed by atoms with Crippen LogP contribution in [0, 0.1) is 11.3 Å². The highest BCUT2D eigenvalue weighted by atomic mass is 14.9. The molecule has 0 radical (unpaired) electrons. The van der Waals surface area contributed by atoms with Crippen molar-refractivity contribution in [3.63, 3.8) is 0 Å². The maximum Gasteiger partial charge on any atom is 0.0991 e. The third-order valence-electron chi connectivity index (χ3n) is 6.54. The highest BCUT2D eigenvalue weighted by molar-refractivity contribution is 6.29. The van der Waals surface area contributed by atoms with Gasteiger partial charge in [-0.1, -0.05) is 72.8 Å². The predicted octanol–water partition coefficient (Wildman–Crippen LogP) is 7.53. The van der Waals surface area contributed by atoms with Crippen molar-refractivity contribution in [2.75, 3.05) is 0 Å². The first-order valence-corrected chi connectivity index (χ1v) is 10.4. The van der Waals surface area contributed by atoms with E-state index in [1.807, 2.05) is 12.1 Å². The van der Waals surface area contributed by atoms with Gasteiger partial charge < -0.3 is 4.40 Å². The number of benzene rings is 5. The normalized spacial score (nSPS) is 11.8. The second-order valence-corrected chi connectivity index (χ2v) is 8.11. The van der Waals surface area contributed by atoms with Gasteiger partial charge >= 0.3 is 0 Å². The van der Waals surface area contributed by atoms with Crippen LogP contribution in [0.15, 0.2) is 97.1 Å². The largest absolute Gasteiger partial charge is 0.308 e. The fourth-order valence-corrected chi connectivity index (χ4v) is 5.26. The van der Waals surface area contributed by atoms with E-state index in [-0.39, 0.29) is 0 Å². The van der Waals surface area contributed by atoms with E-state index in [0.29, 0.717) is 5.56 Å². The van der Waals surface area contributed by atoms with Crippen molar-refractivity contribution in [1.29, 1.82) is 5.26 Å². The first-order chi connectivity index (χ1) is 15.3. The van der Waals surface area contributed by atoms with E-state index in [1.165, 1.54) is 54.4 Å². The van der Waals surface area contributed by atoms with Gasteiger partial charge in [-0.25, -0.2) is 0 Å². The summed E-state index contributed by atoms with van der Waals surface area (Å²) in [6.45, 7) is 0. The second kappa shape index (κ2) is 5.84. The molecular formula is C29H16N2. The summed E-state index contributed by atoms with van der Waals surface area (Å²) >= 11 is 0. The van der Waals surface area contributed by atoms with Gasteiger partial charge in [0.1, 0.15) is 0 Å². The van der Waals surface area contributed by atoms with Gasteiger partial charge in [0.05, 0.1) is 28.2 Å². The van der Waals surface area contributed by atoms with Crippen LogP contribution in [-0.2, 0) is 0 Å².